The van der Waals surface area contributed by atoms with Crippen molar-refractivity contribution in [1.29, 1.82) is 0 Å². The quantitative estimate of drug-likeness (QED) is 0.869. The van der Waals surface area contributed by atoms with Crippen LogP contribution in [0, 0.1) is 0 Å². The molecule has 0 bridgehead atoms. The van der Waals surface area contributed by atoms with Crippen LogP contribution in [0.25, 0.3) is 0 Å². The van der Waals surface area contributed by atoms with Crippen molar-refractivity contribution in [2.75, 3.05) is 7.05 Å². The van der Waals surface area contributed by atoms with E-state index >= 15 is 0 Å². The summed E-state index contributed by atoms with van der Waals surface area (Å²) in [5.41, 5.74) is 2.45. The number of thiophene rings is 1. The van der Waals surface area contributed by atoms with E-state index in [4.69, 9.17) is 23.2 Å². The van der Waals surface area contributed by atoms with Gasteiger partial charge in [-0.1, -0.05) is 23.2 Å². The lowest BCUT2D eigenvalue weighted by Crippen LogP contribution is -2.18. The molecule has 4 heteroatoms. The maximum Gasteiger partial charge on any atom is 0.0424 e. The Balaban J connectivity index is 2.22. The SMILES string of the molecule is CNC(Cc1ccsc1)c1cc(Cl)cc(Cl)c1. The molecule has 90 valence electrons. The monoisotopic (exact) mass is 285 g/mol. The molecule has 0 saturated heterocycles. The van der Waals surface area contributed by atoms with E-state index < -0.39 is 0 Å². The summed E-state index contributed by atoms with van der Waals surface area (Å²) >= 11 is 13.8. The van der Waals surface area contributed by atoms with Gasteiger partial charge in [-0.05, 0) is 59.6 Å². The van der Waals surface area contributed by atoms with Crippen LogP contribution in [0.3, 0.4) is 0 Å². The molecule has 0 radical (unpaired) electrons. The van der Waals surface area contributed by atoms with E-state index in [9.17, 15) is 0 Å². The molecular weight excluding hydrogens is 273 g/mol. The number of likely N-dealkylation sites (N-methyl/N-ethyl adjacent to an activating group) is 1. The summed E-state index contributed by atoms with van der Waals surface area (Å²) < 4.78 is 0. The third-order valence-electron chi connectivity index (χ3n) is 2.66. The van der Waals surface area contributed by atoms with Crippen LogP contribution >= 0.6 is 34.5 Å². The number of halogens is 2. The van der Waals surface area contributed by atoms with Gasteiger partial charge in [0, 0.05) is 16.1 Å². The average Bonchev–Trinajstić information content (AvgIpc) is 2.77. The van der Waals surface area contributed by atoms with Crippen molar-refractivity contribution in [2.24, 2.45) is 0 Å². The van der Waals surface area contributed by atoms with Crippen molar-refractivity contribution < 1.29 is 0 Å². The lowest BCUT2D eigenvalue weighted by molar-refractivity contribution is 0.593. The van der Waals surface area contributed by atoms with Gasteiger partial charge in [0.05, 0.1) is 0 Å². The van der Waals surface area contributed by atoms with Crippen LogP contribution in [0.4, 0.5) is 0 Å². The van der Waals surface area contributed by atoms with E-state index in [1.54, 1.807) is 17.4 Å². The molecular formula is C13H13Cl2NS. The molecule has 2 rings (SSSR count). The van der Waals surface area contributed by atoms with Crippen LogP contribution in [0.15, 0.2) is 35.0 Å². The highest BCUT2D eigenvalue weighted by molar-refractivity contribution is 7.07. The van der Waals surface area contributed by atoms with Gasteiger partial charge in [-0.25, -0.2) is 0 Å². The standard InChI is InChI=1S/C13H13Cl2NS/c1-16-13(4-9-2-3-17-8-9)10-5-11(14)7-12(15)6-10/h2-3,5-8,13,16H,4H2,1H3. The Bertz CT molecular complexity index is 462. The number of nitrogens with one attached hydrogen (secondary N) is 1. The van der Waals surface area contributed by atoms with Gasteiger partial charge in [0.2, 0.25) is 0 Å². The predicted octanol–water partition coefficient (Wildman–Crippen LogP) is 4.56. The van der Waals surface area contributed by atoms with E-state index in [-0.39, 0.29) is 6.04 Å². The largest absolute Gasteiger partial charge is 0.313 e. The molecule has 1 aromatic carbocycles. The lowest BCUT2D eigenvalue weighted by Gasteiger charge is -2.16. The maximum atomic E-state index is 6.02. The molecule has 0 aliphatic rings. The second-order valence-electron chi connectivity index (χ2n) is 3.88. The molecule has 0 aliphatic heterocycles. The summed E-state index contributed by atoms with van der Waals surface area (Å²) in [6.07, 6.45) is 0.941. The van der Waals surface area contributed by atoms with E-state index in [1.807, 2.05) is 19.2 Å². The summed E-state index contributed by atoms with van der Waals surface area (Å²) in [6, 6.07) is 8.05. The van der Waals surface area contributed by atoms with Crippen LogP contribution < -0.4 is 5.32 Å². The number of benzene rings is 1. The van der Waals surface area contributed by atoms with Crippen molar-refractivity contribution >= 4 is 34.5 Å². The summed E-state index contributed by atoms with van der Waals surface area (Å²) in [5.74, 6) is 0. The van der Waals surface area contributed by atoms with E-state index in [0.29, 0.717) is 10.0 Å². The summed E-state index contributed by atoms with van der Waals surface area (Å²) in [4.78, 5) is 0. The first-order valence-electron chi connectivity index (χ1n) is 5.33. The second-order valence-corrected chi connectivity index (χ2v) is 5.53. The Morgan fingerprint density at radius 2 is 1.94 bits per heavy atom. The molecule has 0 amide bonds. The Labute approximate surface area is 115 Å². The summed E-state index contributed by atoms with van der Waals surface area (Å²) in [6.45, 7) is 0. The van der Waals surface area contributed by atoms with Gasteiger partial charge in [-0.15, -0.1) is 0 Å². The normalized spacial score (nSPS) is 12.6. The molecule has 1 heterocycles. The van der Waals surface area contributed by atoms with Gasteiger partial charge in [0.25, 0.3) is 0 Å². The minimum absolute atomic E-state index is 0.237. The smallest absolute Gasteiger partial charge is 0.0424 e. The lowest BCUT2D eigenvalue weighted by atomic mass is 10.0. The molecule has 1 aromatic heterocycles. The van der Waals surface area contributed by atoms with Crippen molar-refractivity contribution in [3.63, 3.8) is 0 Å². The fourth-order valence-corrected chi connectivity index (χ4v) is 3.03. The Morgan fingerprint density at radius 3 is 2.47 bits per heavy atom. The van der Waals surface area contributed by atoms with Crippen molar-refractivity contribution in [3.8, 4) is 0 Å². The predicted molar refractivity (Wildman–Crippen MR) is 76.3 cm³/mol. The topological polar surface area (TPSA) is 12.0 Å². The molecule has 0 spiro atoms. The van der Waals surface area contributed by atoms with Crippen molar-refractivity contribution in [1.82, 2.24) is 5.32 Å². The molecule has 1 unspecified atom stereocenters. The minimum Gasteiger partial charge on any atom is -0.313 e. The number of hydrogen-bond donors (Lipinski definition) is 1. The third kappa shape index (κ3) is 3.46. The fourth-order valence-electron chi connectivity index (χ4n) is 1.81. The number of hydrogen-bond acceptors (Lipinski definition) is 2. The Hall–Kier alpha value is -0.540. The van der Waals surface area contributed by atoms with Crippen LogP contribution in [0.1, 0.15) is 17.2 Å². The Kier molecular flexibility index (Phi) is 4.46. The maximum absolute atomic E-state index is 6.02. The average molecular weight is 286 g/mol. The van der Waals surface area contributed by atoms with Crippen LogP contribution in [0.5, 0.6) is 0 Å². The van der Waals surface area contributed by atoms with Gasteiger partial charge >= 0.3 is 0 Å². The molecule has 1 N–H and O–H groups in total. The highest BCUT2D eigenvalue weighted by Gasteiger charge is 2.11. The first kappa shape index (κ1) is 12.9. The van der Waals surface area contributed by atoms with Gasteiger partial charge in [0.1, 0.15) is 0 Å². The van der Waals surface area contributed by atoms with Crippen LogP contribution in [-0.2, 0) is 6.42 Å². The van der Waals surface area contributed by atoms with Crippen molar-refractivity contribution in [3.05, 3.63) is 56.2 Å². The zero-order valence-corrected chi connectivity index (χ0v) is 11.7. The summed E-state index contributed by atoms with van der Waals surface area (Å²) in [5, 5.41) is 8.91. The minimum atomic E-state index is 0.237. The first-order chi connectivity index (χ1) is 8.19. The third-order valence-corrected chi connectivity index (χ3v) is 3.82. The molecule has 1 nitrogen and oxygen atoms in total. The van der Waals surface area contributed by atoms with E-state index in [2.05, 4.69) is 22.1 Å². The Morgan fingerprint density at radius 1 is 1.24 bits per heavy atom. The van der Waals surface area contributed by atoms with Crippen LogP contribution in [-0.4, -0.2) is 7.05 Å². The molecule has 0 aliphatic carbocycles. The summed E-state index contributed by atoms with van der Waals surface area (Å²) in [7, 11) is 1.95. The molecule has 17 heavy (non-hydrogen) atoms. The zero-order valence-electron chi connectivity index (χ0n) is 9.41. The van der Waals surface area contributed by atoms with Gasteiger partial charge < -0.3 is 5.32 Å². The highest BCUT2D eigenvalue weighted by Crippen LogP contribution is 2.26. The van der Waals surface area contributed by atoms with Crippen LogP contribution in [0.2, 0.25) is 10.0 Å². The van der Waals surface area contributed by atoms with E-state index in [0.717, 1.165) is 12.0 Å². The molecule has 0 saturated carbocycles. The second kappa shape index (κ2) is 5.87. The van der Waals surface area contributed by atoms with Crippen molar-refractivity contribution in [2.45, 2.75) is 12.5 Å². The first-order valence-corrected chi connectivity index (χ1v) is 7.03. The molecule has 1 atom stereocenters. The van der Waals surface area contributed by atoms with Gasteiger partial charge in [-0.2, -0.15) is 11.3 Å². The fraction of sp³-hybridized carbons (Fsp3) is 0.231. The molecule has 2 aromatic rings. The van der Waals surface area contributed by atoms with Gasteiger partial charge in [-0.3, -0.25) is 0 Å². The number of rotatable bonds is 4. The van der Waals surface area contributed by atoms with Gasteiger partial charge in [0.15, 0.2) is 0 Å². The molecule has 0 fully saturated rings. The zero-order chi connectivity index (χ0) is 12.3. The highest BCUT2D eigenvalue weighted by atomic mass is 35.5. The van der Waals surface area contributed by atoms with E-state index in [1.165, 1.54) is 5.56 Å².